The zero-order valence-corrected chi connectivity index (χ0v) is 10.7. The van der Waals surface area contributed by atoms with E-state index in [1.807, 2.05) is 0 Å². The average Bonchev–Trinajstić information content (AvgIpc) is 2.32. The SMILES string of the molecule is OC1(Cc2cc(F)ccc2F)CCCC(C(F)(F)F)C1. The molecule has 0 amide bonds. The van der Waals surface area contributed by atoms with Gasteiger partial charge in [0, 0.05) is 6.42 Å². The highest BCUT2D eigenvalue weighted by Crippen LogP contribution is 2.43. The van der Waals surface area contributed by atoms with Gasteiger partial charge in [0.1, 0.15) is 11.6 Å². The van der Waals surface area contributed by atoms with Crippen molar-refractivity contribution in [2.24, 2.45) is 5.92 Å². The molecule has 1 aromatic rings. The van der Waals surface area contributed by atoms with E-state index in [0.29, 0.717) is 0 Å². The maximum atomic E-state index is 13.5. The van der Waals surface area contributed by atoms with Crippen molar-refractivity contribution in [2.45, 2.75) is 43.9 Å². The van der Waals surface area contributed by atoms with Gasteiger partial charge in [0.25, 0.3) is 0 Å². The van der Waals surface area contributed by atoms with Crippen LogP contribution in [0.25, 0.3) is 0 Å². The molecule has 0 aliphatic heterocycles. The molecular weight excluding hydrogens is 279 g/mol. The standard InChI is InChI=1S/C14H15F5O/c15-11-3-4-12(16)9(6-11)7-13(20)5-1-2-10(8-13)14(17,18)19/h3-4,6,10,20H,1-2,5,7-8H2. The summed E-state index contributed by atoms with van der Waals surface area (Å²) in [4.78, 5) is 0. The molecule has 112 valence electrons. The number of aliphatic hydroxyl groups is 1. The predicted molar refractivity (Wildman–Crippen MR) is 63.0 cm³/mol. The van der Waals surface area contributed by atoms with Gasteiger partial charge in [-0.05, 0) is 49.4 Å². The number of halogens is 5. The Morgan fingerprint density at radius 2 is 1.95 bits per heavy atom. The smallest absolute Gasteiger partial charge is 0.390 e. The van der Waals surface area contributed by atoms with E-state index in [4.69, 9.17) is 0 Å². The Kier molecular flexibility index (Phi) is 4.04. The molecule has 1 aliphatic carbocycles. The quantitative estimate of drug-likeness (QED) is 0.818. The third-order valence-corrected chi connectivity index (χ3v) is 3.81. The summed E-state index contributed by atoms with van der Waals surface area (Å²) in [6, 6.07) is 2.77. The van der Waals surface area contributed by atoms with Gasteiger partial charge < -0.3 is 5.11 Å². The molecule has 0 spiro atoms. The van der Waals surface area contributed by atoms with Gasteiger partial charge in [0.05, 0.1) is 11.5 Å². The van der Waals surface area contributed by atoms with E-state index in [1.165, 1.54) is 0 Å². The molecule has 1 nitrogen and oxygen atoms in total. The highest BCUT2D eigenvalue weighted by atomic mass is 19.4. The van der Waals surface area contributed by atoms with Gasteiger partial charge in [0.15, 0.2) is 0 Å². The molecule has 1 aromatic carbocycles. The van der Waals surface area contributed by atoms with E-state index < -0.39 is 35.8 Å². The van der Waals surface area contributed by atoms with E-state index >= 15 is 0 Å². The Morgan fingerprint density at radius 3 is 2.60 bits per heavy atom. The number of hydrogen-bond donors (Lipinski definition) is 1. The molecule has 0 aromatic heterocycles. The zero-order chi connectivity index (χ0) is 15.0. The Bertz CT molecular complexity index is 485. The fourth-order valence-corrected chi connectivity index (χ4v) is 2.81. The second kappa shape index (κ2) is 5.31. The first-order valence-electron chi connectivity index (χ1n) is 6.43. The summed E-state index contributed by atoms with van der Waals surface area (Å²) in [5.74, 6) is -2.97. The van der Waals surface area contributed by atoms with Gasteiger partial charge in [-0.25, -0.2) is 8.78 Å². The summed E-state index contributed by atoms with van der Waals surface area (Å²) >= 11 is 0. The van der Waals surface area contributed by atoms with Gasteiger partial charge in [-0.3, -0.25) is 0 Å². The van der Waals surface area contributed by atoms with Crippen molar-refractivity contribution >= 4 is 0 Å². The first-order chi connectivity index (χ1) is 9.20. The summed E-state index contributed by atoms with van der Waals surface area (Å²) in [5, 5.41) is 10.3. The van der Waals surface area contributed by atoms with Gasteiger partial charge in [-0.1, -0.05) is 0 Å². The average molecular weight is 294 g/mol. The van der Waals surface area contributed by atoms with Gasteiger partial charge >= 0.3 is 6.18 Å². The lowest BCUT2D eigenvalue weighted by molar-refractivity contribution is -0.200. The Balaban J connectivity index is 2.16. The van der Waals surface area contributed by atoms with E-state index in [1.54, 1.807) is 0 Å². The summed E-state index contributed by atoms with van der Waals surface area (Å²) in [7, 11) is 0. The van der Waals surface area contributed by atoms with Gasteiger partial charge in [-0.15, -0.1) is 0 Å². The molecule has 1 aliphatic rings. The molecule has 2 unspecified atom stereocenters. The van der Waals surface area contributed by atoms with Crippen LogP contribution >= 0.6 is 0 Å². The lowest BCUT2D eigenvalue weighted by Crippen LogP contribution is -2.42. The van der Waals surface area contributed by atoms with Crippen LogP contribution in [0.2, 0.25) is 0 Å². The minimum Gasteiger partial charge on any atom is -0.390 e. The van der Waals surface area contributed by atoms with Crippen molar-refractivity contribution in [2.75, 3.05) is 0 Å². The maximum Gasteiger partial charge on any atom is 0.391 e. The van der Waals surface area contributed by atoms with Crippen LogP contribution in [-0.2, 0) is 6.42 Å². The normalized spacial score (nSPS) is 27.6. The van der Waals surface area contributed by atoms with E-state index in [-0.39, 0.29) is 31.2 Å². The molecule has 2 rings (SSSR count). The zero-order valence-electron chi connectivity index (χ0n) is 10.7. The van der Waals surface area contributed by atoms with Crippen LogP contribution < -0.4 is 0 Å². The van der Waals surface area contributed by atoms with Crippen LogP contribution in [0, 0.1) is 17.6 Å². The number of rotatable bonds is 2. The minimum absolute atomic E-state index is 0.0303. The molecule has 0 radical (unpaired) electrons. The Hall–Kier alpha value is -1.17. The second-order valence-corrected chi connectivity index (χ2v) is 5.47. The fraction of sp³-hybridized carbons (Fsp3) is 0.571. The number of alkyl halides is 3. The molecule has 1 N–H and O–H groups in total. The molecule has 20 heavy (non-hydrogen) atoms. The van der Waals surface area contributed by atoms with E-state index in [2.05, 4.69) is 0 Å². The second-order valence-electron chi connectivity index (χ2n) is 5.47. The molecular formula is C14H15F5O. The highest BCUT2D eigenvalue weighted by Gasteiger charge is 2.47. The first kappa shape index (κ1) is 15.2. The van der Waals surface area contributed by atoms with E-state index in [0.717, 1.165) is 18.2 Å². The summed E-state index contributed by atoms with van der Waals surface area (Å²) in [5.41, 5.74) is -1.72. The molecule has 1 saturated carbocycles. The van der Waals surface area contributed by atoms with Crippen LogP contribution in [0.5, 0.6) is 0 Å². The lowest BCUT2D eigenvalue weighted by atomic mass is 9.75. The van der Waals surface area contributed by atoms with Crippen LogP contribution in [-0.4, -0.2) is 16.9 Å². The first-order valence-corrected chi connectivity index (χ1v) is 6.43. The van der Waals surface area contributed by atoms with Crippen LogP contribution in [0.1, 0.15) is 31.2 Å². The van der Waals surface area contributed by atoms with Crippen molar-refractivity contribution in [1.29, 1.82) is 0 Å². The summed E-state index contributed by atoms with van der Waals surface area (Å²) in [6.07, 6.45) is -4.78. The molecule has 6 heteroatoms. The number of hydrogen-bond acceptors (Lipinski definition) is 1. The third kappa shape index (κ3) is 3.48. The Morgan fingerprint density at radius 1 is 1.25 bits per heavy atom. The van der Waals surface area contributed by atoms with Crippen molar-refractivity contribution in [3.63, 3.8) is 0 Å². The topological polar surface area (TPSA) is 20.2 Å². The molecule has 1 fully saturated rings. The largest absolute Gasteiger partial charge is 0.391 e. The predicted octanol–water partition coefficient (Wildman–Crippen LogP) is 3.99. The van der Waals surface area contributed by atoms with Crippen molar-refractivity contribution < 1.29 is 27.1 Å². The molecule has 0 saturated heterocycles. The maximum absolute atomic E-state index is 13.5. The monoisotopic (exact) mass is 294 g/mol. The molecule has 0 bridgehead atoms. The van der Waals surface area contributed by atoms with Gasteiger partial charge in [-0.2, -0.15) is 13.2 Å². The molecule has 0 heterocycles. The van der Waals surface area contributed by atoms with Crippen molar-refractivity contribution in [1.82, 2.24) is 0 Å². The number of benzene rings is 1. The van der Waals surface area contributed by atoms with Crippen LogP contribution in [0.3, 0.4) is 0 Å². The van der Waals surface area contributed by atoms with Crippen LogP contribution in [0.4, 0.5) is 22.0 Å². The fourth-order valence-electron chi connectivity index (χ4n) is 2.81. The van der Waals surface area contributed by atoms with Gasteiger partial charge in [0.2, 0.25) is 0 Å². The van der Waals surface area contributed by atoms with Crippen molar-refractivity contribution in [3.8, 4) is 0 Å². The third-order valence-electron chi connectivity index (χ3n) is 3.81. The Labute approximate surface area is 113 Å². The molecule has 2 atom stereocenters. The van der Waals surface area contributed by atoms with E-state index in [9.17, 15) is 27.1 Å². The summed E-state index contributed by atoms with van der Waals surface area (Å²) in [6.45, 7) is 0. The highest BCUT2D eigenvalue weighted by molar-refractivity contribution is 5.21. The summed E-state index contributed by atoms with van der Waals surface area (Å²) < 4.78 is 64.8. The van der Waals surface area contributed by atoms with Crippen molar-refractivity contribution in [3.05, 3.63) is 35.4 Å². The lowest BCUT2D eigenvalue weighted by Gasteiger charge is -2.37. The minimum atomic E-state index is -4.37. The van der Waals surface area contributed by atoms with Crippen LogP contribution in [0.15, 0.2) is 18.2 Å².